The van der Waals surface area contributed by atoms with Gasteiger partial charge in [-0.25, -0.2) is 5.48 Å². The molecule has 0 aromatic heterocycles. The van der Waals surface area contributed by atoms with Crippen molar-refractivity contribution in [1.29, 1.82) is 0 Å². The Morgan fingerprint density at radius 1 is 1.67 bits per heavy atom. The van der Waals surface area contributed by atoms with E-state index >= 15 is 0 Å². The highest BCUT2D eigenvalue weighted by atomic mass is 16.5. The summed E-state index contributed by atoms with van der Waals surface area (Å²) in [5.41, 5.74) is 1.64. The van der Waals surface area contributed by atoms with Crippen molar-refractivity contribution < 1.29 is 10.0 Å². The first-order valence-corrected chi connectivity index (χ1v) is 3.97. The molecule has 0 aromatic rings. The number of piperazine rings is 1. The number of carbonyl (C=O) groups is 1. The maximum atomic E-state index is 10.9. The minimum Gasteiger partial charge on any atom is -0.308 e. The lowest BCUT2D eigenvalue weighted by molar-refractivity contribution is -0.131. The second kappa shape index (κ2) is 3.38. The quantitative estimate of drug-likeness (QED) is 0.298. The van der Waals surface area contributed by atoms with Gasteiger partial charge in [-0.05, 0) is 13.8 Å². The Kier molecular flexibility index (Phi) is 2.66. The van der Waals surface area contributed by atoms with Crippen LogP contribution < -0.4 is 16.1 Å². The van der Waals surface area contributed by atoms with Crippen LogP contribution in [0.15, 0.2) is 0 Å². The molecule has 1 aliphatic heterocycles. The molecule has 1 heterocycles. The Hall–Kier alpha value is -0.650. The van der Waals surface area contributed by atoms with Crippen molar-refractivity contribution in [2.75, 3.05) is 13.1 Å². The van der Waals surface area contributed by atoms with Gasteiger partial charge in [0.15, 0.2) is 0 Å². The van der Waals surface area contributed by atoms with Crippen molar-refractivity contribution in [3.05, 3.63) is 0 Å². The van der Waals surface area contributed by atoms with Gasteiger partial charge in [-0.15, -0.1) is 0 Å². The molecule has 0 saturated carbocycles. The highest BCUT2D eigenvalue weighted by molar-refractivity contribution is 5.81. The van der Waals surface area contributed by atoms with Crippen molar-refractivity contribution in [3.63, 3.8) is 0 Å². The van der Waals surface area contributed by atoms with Gasteiger partial charge < -0.3 is 10.6 Å². The van der Waals surface area contributed by atoms with E-state index in [2.05, 4.69) is 10.6 Å². The monoisotopic (exact) mass is 173 g/mol. The maximum Gasteiger partial charge on any atom is 0.261 e. The lowest BCUT2D eigenvalue weighted by Crippen LogP contribution is -2.63. The van der Waals surface area contributed by atoms with E-state index in [-0.39, 0.29) is 11.6 Å². The van der Waals surface area contributed by atoms with Crippen LogP contribution in [-0.4, -0.2) is 35.8 Å². The number of hydroxylamine groups is 1. The molecule has 1 rings (SSSR count). The van der Waals surface area contributed by atoms with Gasteiger partial charge in [0.1, 0.15) is 6.04 Å². The second-order valence-electron chi connectivity index (χ2n) is 3.67. The van der Waals surface area contributed by atoms with Crippen molar-refractivity contribution in [2.24, 2.45) is 0 Å². The summed E-state index contributed by atoms with van der Waals surface area (Å²) in [5.74, 6) is -0.391. The predicted octanol–water partition coefficient (Wildman–Crippen LogP) is -1.17. The summed E-state index contributed by atoms with van der Waals surface area (Å²) in [7, 11) is 0. The predicted molar refractivity (Wildman–Crippen MR) is 43.8 cm³/mol. The van der Waals surface area contributed by atoms with Gasteiger partial charge in [0.2, 0.25) is 0 Å². The van der Waals surface area contributed by atoms with Crippen molar-refractivity contribution >= 4 is 5.91 Å². The summed E-state index contributed by atoms with van der Waals surface area (Å²) in [6.45, 7) is 5.35. The van der Waals surface area contributed by atoms with E-state index in [0.717, 1.165) is 0 Å². The molecular formula is C7H15N3O2. The summed E-state index contributed by atoms with van der Waals surface area (Å²) >= 11 is 0. The van der Waals surface area contributed by atoms with Gasteiger partial charge in [0.05, 0.1) is 0 Å². The summed E-state index contributed by atoms with van der Waals surface area (Å²) < 4.78 is 0. The zero-order valence-corrected chi connectivity index (χ0v) is 7.35. The van der Waals surface area contributed by atoms with E-state index in [9.17, 15) is 4.79 Å². The molecule has 4 N–H and O–H groups in total. The van der Waals surface area contributed by atoms with E-state index in [0.29, 0.717) is 13.1 Å². The Morgan fingerprint density at radius 2 is 2.33 bits per heavy atom. The Bertz CT molecular complexity index is 171. The average Bonchev–Trinajstić information content (AvgIpc) is 2.03. The first-order valence-electron chi connectivity index (χ1n) is 3.97. The van der Waals surface area contributed by atoms with Gasteiger partial charge in [-0.3, -0.25) is 10.0 Å². The van der Waals surface area contributed by atoms with Crippen LogP contribution in [0.4, 0.5) is 0 Å². The molecule has 12 heavy (non-hydrogen) atoms. The molecule has 1 aliphatic rings. The van der Waals surface area contributed by atoms with Crippen LogP contribution in [-0.2, 0) is 4.79 Å². The van der Waals surface area contributed by atoms with Crippen LogP contribution in [0.1, 0.15) is 13.8 Å². The molecule has 0 spiro atoms. The molecule has 5 heteroatoms. The first kappa shape index (κ1) is 9.44. The normalized spacial score (nSPS) is 28.1. The fourth-order valence-corrected chi connectivity index (χ4v) is 1.15. The Balaban J connectivity index is 2.41. The number of rotatable bonds is 1. The van der Waals surface area contributed by atoms with Gasteiger partial charge in [0, 0.05) is 18.6 Å². The number of hydrogen-bond donors (Lipinski definition) is 4. The third-order valence-electron chi connectivity index (χ3n) is 2.00. The fourth-order valence-electron chi connectivity index (χ4n) is 1.15. The molecule has 70 valence electrons. The van der Waals surface area contributed by atoms with Crippen LogP contribution in [0.2, 0.25) is 0 Å². The number of carbonyl (C=O) groups excluding carboxylic acids is 1. The molecule has 1 amide bonds. The molecule has 0 aromatic carbocycles. The fraction of sp³-hybridized carbons (Fsp3) is 0.857. The third-order valence-corrected chi connectivity index (χ3v) is 2.00. The number of hydrogen-bond acceptors (Lipinski definition) is 4. The van der Waals surface area contributed by atoms with Gasteiger partial charge in [0.25, 0.3) is 5.91 Å². The molecule has 0 radical (unpaired) electrons. The van der Waals surface area contributed by atoms with Gasteiger partial charge in [-0.2, -0.15) is 0 Å². The third kappa shape index (κ3) is 2.17. The smallest absolute Gasteiger partial charge is 0.261 e. The molecule has 1 unspecified atom stereocenters. The average molecular weight is 173 g/mol. The second-order valence-corrected chi connectivity index (χ2v) is 3.67. The minimum atomic E-state index is -0.391. The zero-order chi connectivity index (χ0) is 9.19. The van der Waals surface area contributed by atoms with E-state index < -0.39 is 5.91 Å². The Labute approximate surface area is 71.5 Å². The lowest BCUT2D eigenvalue weighted by atomic mass is 10.0. The van der Waals surface area contributed by atoms with Crippen molar-refractivity contribution in [2.45, 2.75) is 25.4 Å². The van der Waals surface area contributed by atoms with Gasteiger partial charge >= 0.3 is 0 Å². The minimum absolute atomic E-state index is 0.0201. The van der Waals surface area contributed by atoms with Crippen LogP contribution in [0.3, 0.4) is 0 Å². The molecule has 0 bridgehead atoms. The van der Waals surface area contributed by atoms with Crippen molar-refractivity contribution in [3.8, 4) is 0 Å². The van der Waals surface area contributed by atoms with Crippen LogP contribution >= 0.6 is 0 Å². The molecule has 5 nitrogen and oxygen atoms in total. The maximum absolute atomic E-state index is 10.9. The van der Waals surface area contributed by atoms with E-state index in [1.807, 2.05) is 13.8 Å². The van der Waals surface area contributed by atoms with Crippen LogP contribution in [0.25, 0.3) is 0 Å². The summed E-state index contributed by atoms with van der Waals surface area (Å²) in [6.07, 6.45) is 0. The largest absolute Gasteiger partial charge is 0.308 e. The molecular weight excluding hydrogens is 158 g/mol. The van der Waals surface area contributed by atoms with Gasteiger partial charge in [-0.1, -0.05) is 0 Å². The molecule has 1 fully saturated rings. The highest BCUT2D eigenvalue weighted by Gasteiger charge is 2.28. The van der Waals surface area contributed by atoms with Crippen molar-refractivity contribution in [1.82, 2.24) is 16.1 Å². The SMILES string of the molecule is CC1(C)CNC(C(=O)NO)CN1. The number of amides is 1. The van der Waals surface area contributed by atoms with Crippen LogP contribution in [0, 0.1) is 0 Å². The topological polar surface area (TPSA) is 73.4 Å². The molecule has 0 aliphatic carbocycles. The summed E-state index contributed by atoms with van der Waals surface area (Å²) in [5, 5.41) is 14.6. The van der Waals surface area contributed by atoms with E-state index in [4.69, 9.17) is 5.21 Å². The molecule has 1 atom stereocenters. The standard InChI is InChI=1S/C7H15N3O2/c1-7(2)4-8-5(3-9-7)6(11)10-12/h5,8-9,12H,3-4H2,1-2H3,(H,10,11). The first-order chi connectivity index (χ1) is 5.55. The zero-order valence-electron chi connectivity index (χ0n) is 7.35. The van der Waals surface area contributed by atoms with E-state index in [1.165, 1.54) is 0 Å². The number of nitrogens with one attached hydrogen (secondary N) is 3. The summed E-state index contributed by atoms with van der Waals surface area (Å²) in [4.78, 5) is 10.9. The lowest BCUT2D eigenvalue weighted by Gasteiger charge is -2.35. The molecule has 1 saturated heterocycles. The Morgan fingerprint density at radius 3 is 2.75 bits per heavy atom. The van der Waals surface area contributed by atoms with Crippen LogP contribution in [0.5, 0.6) is 0 Å². The van der Waals surface area contributed by atoms with E-state index in [1.54, 1.807) is 5.48 Å². The summed E-state index contributed by atoms with van der Waals surface area (Å²) in [6, 6.07) is -0.331. The highest BCUT2D eigenvalue weighted by Crippen LogP contribution is 2.05.